The highest BCUT2D eigenvalue weighted by Gasteiger charge is 2.52. The molecule has 2 fully saturated rings. The Labute approximate surface area is 116 Å². The smallest absolute Gasteiger partial charge is 0.246 e. The van der Waals surface area contributed by atoms with Crippen molar-refractivity contribution in [2.24, 2.45) is 0 Å². The van der Waals surface area contributed by atoms with Crippen LogP contribution in [0.4, 0.5) is 0 Å². The first-order chi connectivity index (χ1) is 9.13. The van der Waals surface area contributed by atoms with Crippen LogP contribution in [0.1, 0.15) is 37.6 Å². The molecule has 1 aliphatic carbocycles. The summed E-state index contributed by atoms with van der Waals surface area (Å²) >= 11 is 1.53. The molecule has 0 radical (unpaired) electrons. The molecule has 1 N–H and O–H groups in total. The SMILES string of the molecule is CC1NC(=O)C2(CCCC2)N(Cc2nccs2)C1=O. The maximum absolute atomic E-state index is 12.4. The summed E-state index contributed by atoms with van der Waals surface area (Å²) in [6, 6.07) is -0.432. The van der Waals surface area contributed by atoms with Gasteiger partial charge < -0.3 is 10.2 Å². The Morgan fingerprint density at radius 2 is 2.21 bits per heavy atom. The van der Waals surface area contributed by atoms with E-state index in [1.165, 1.54) is 11.3 Å². The van der Waals surface area contributed by atoms with Gasteiger partial charge in [0.2, 0.25) is 11.8 Å². The Morgan fingerprint density at radius 1 is 1.47 bits per heavy atom. The molecule has 2 amide bonds. The molecule has 1 spiro atoms. The quantitative estimate of drug-likeness (QED) is 0.887. The third-order valence-electron chi connectivity index (χ3n) is 4.13. The van der Waals surface area contributed by atoms with Crippen molar-refractivity contribution in [3.05, 3.63) is 16.6 Å². The predicted octanol–water partition coefficient (Wildman–Crippen LogP) is 1.30. The van der Waals surface area contributed by atoms with E-state index in [1.807, 2.05) is 5.38 Å². The summed E-state index contributed by atoms with van der Waals surface area (Å²) in [4.78, 5) is 30.8. The van der Waals surface area contributed by atoms with Gasteiger partial charge in [-0.05, 0) is 19.8 Å². The minimum Gasteiger partial charge on any atom is -0.343 e. The molecule has 1 aliphatic heterocycles. The van der Waals surface area contributed by atoms with E-state index in [4.69, 9.17) is 0 Å². The summed E-state index contributed by atoms with van der Waals surface area (Å²) in [7, 11) is 0. The van der Waals surface area contributed by atoms with E-state index in [-0.39, 0.29) is 11.8 Å². The van der Waals surface area contributed by atoms with Crippen molar-refractivity contribution in [2.45, 2.75) is 50.7 Å². The van der Waals surface area contributed by atoms with Gasteiger partial charge in [-0.2, -0.15) is 0 Å². The fourth-order valence-corrected chi connectivity index (χ4v) is 3.72. The minimum atomic E-state index is -0.630. The summed E-state index contributed by atoms with van der Waals surface area (Å²) in [6.07, 6.45) is 5.28. The van der Waals surface area contributed by atoms with Crippen molar-refractivity contribution in [3.8, 4) is 0 Å². The van der Waals surface area contributed by atoms with Crippen molar-refractivity contribution in [1.29, 1.82) is 0 Å². The van der Waals surface area contributed by atoms with Crippen LogP contribution >= 0.6 is 11.3 Å². The van der Waals surface area contributed by atoms with Crippen molar-refractivity contribution in [1.82, 2.24) is 15.2 Å². The van der Waals surface area contributed by atoms with Gasteiger partial charge in [0.1, 0.15) is 16.6 Å². The number of rotatable bonds is 2. The normalized spacial score (nSPS) is 25.9. The summed E-state index contributed by atoms with van der Waals surface area (Å²) in [5.74, 6) is 0.0188. The monoisotopic (exact) mass is 279 g/mol. The first-order valence-electron chi connectivity index (χ1n) is 6.64. The van der Waals surface area contributed by atoms with Gasteiger partial charge in [-0.15, -0.1) is 11.3 Å². The lowest BCUT2D eigenvalue weighted by atomic mass is 9.89. The number of hydrogen-bond donors (Lipinski definition) is 1. The summed E-state index contributed by atoms with van der Waals surface area (Å²) in [6.45, 7) is 2.20. The average molecular weight is 279 g/mol. The zero-order chi connectivity index (χ0) is 13.5. The van der Waals surface area contributed by atoms with E-state index in [1.54, 1.807) is 18.0 Å². The van der Waals surface area contributed by atoms with Crippen LogP contribution in [0.3, 0.4) is 0 Å². The van der Waals surface area contributed by atoms with Crippen LogP contribution in [0.5, 0.6) is 0 Å². The van der Waals surface area contributed by atoms with Gasteiger partial charge in [-0.1, -0.05) is 12.8 Å². The Morgan fingerprint density at radius 3 is 2.84 bits per heavy atom. The molecular formula is C13H17N3O2S. The topological polar surface area (TPSA) is 62.3 Å². The van der Waals surface area contributed by atoms with E-state index < -0.39 is 11.6 Å². The minimum absolute atomic E-state index is 0.00801. The van der Waals surface area contributed by atoms with E-state index in [0.29, 0.717) is 6.54 Å². The number of nitrogens with zero attached hydrogens (tertiary/aromatic N) is 2. The van der Waals surface area contributed by atoms with Gasteiger partial charge in [0.05, 0.1) is 6.54 Å². The number of thiazole rings is 1. The number of piperazine rings is 1. The lowest BCUT2D eigenvalue weighted by Gasteiger charge is -2.45. The maximum atomic E-state index is 12.4. The van der Waals surface area contributed by atoms with Gasteiger partial charge in [-0.25, -0.2) is 4.98 Å². The van der Waals surface area contributed by atoms with Gasteiger partial charge in [0.15, 0.2) is 0 Å². The molecule has 6 heteroatoms. The van der Waals surface area contributed by atoms with Crippen LogP contribution in [0.2, 0.25) is 0 Å². The molecule has 0 bridgehead atoms. The Kier molecular flexibility index (Phi) is 3.05. The maximum Gasteiger partial charge on any atom is 0.246 e. The fourth-order valence-electron chi connectivity index (χ4n) is 3.11. The van der Waals surface area contributed by atoms with Crippen LogP contribution in [-0.2, 0) is 16.1 Å². The highest BCUT2D eigenvalue weighted by Crippen LogP contribution is 2.39. The average Bonchev–Trinajstić information content (AvgIpc) is 3.05. The molecule has 3 rings (SSSR count). The highest BCUT2D eigenvalue weighted by molar-refractivity contribution is 7.09. The van der Waals surface area contributed by atoms with Gasteiger partial charge in [0, 0.05) is 11.6 Å². The van der Waals surface area contributed by atoms with Gasteiger partial charge in [0.25, 0.3) is 0 Å². The zero-order valence-electron chi connectivity index (χ0n) is 10.9. The first kappa shape index (κ1) is 12.6. The Balaban J connectivity index is 1.94. The molecule has 1 atom stereocenters. The molecule has 1 aromatic heterocycles. The molecule has 102 valence electrons. The highest BCUT2D eigenvalue weighted by atomic mass is 32.1. The molecule has 2 aliphatic rings. The number of carbonyl (C=O) groups excluding carboxylic acids is 2. The Bertz CT molecular complexity index is 494. The van der Waals surface area contributed by atoms with Crippen LogP contribution in [0, 0.1) is 0 Å². The largest absolute Gasteiger partial charge is 0.343 e. The molecule has 1 unspecified atom stereocenters. The first-order valence-corrected chi connectivity index (χ1v) is 7.52. The molecule has 1 aromatic rings. The summed E-state index contributed by atoms with van der Waals surface area (Å²) in [5, 5.41) is 5.61. The van der Waals surface area contributed by atoms with Crippen molar-refractivity contribution < 1.29 is 9.59 Å². The zero-order valence-corrected chi connectivity index (χ0v) is 11.7. The van der Waals surface area contributed by atoms with Crippen LogP contribution < -0.4 is 5.32 Å². The van der Waals surface area contributed by atoms with E-state index in [0.717, 1.165) is 30.7 Å². The van der Waals surface area contributed by atoms with Crippen molar-refractivity contribution in [3.63, 3.8) is 0 Å². The van der Waals surface area contributed by atoms with E-state index in [9.17, 15) is 9.59 Å². The molecule has 1 saturated heterocycles. The third kappa shape index (κ3) is 1.94. The number of aromatic nitrogens is 1. The molecule has 1 saturated carbocycles. The number of amides is 2. The van der Waals surface area contributed by atoms with Gasteiger partial charge >= 0.3 is 0 Å². The van der Waals surface area contributed by atoms with Crippen molar-refractivity contribution >= 4 is 23.2 Å². The van der Waals surface area contributed by atoms with Crippen LogP contribution in [0.25, 0.3) is 0 Å². The van der Waals surface area contributed by atoms with Crippen LogP contribution in [0.15, 0.2) is 11.6 Å². The van der Waals surface area contributed by atoms with Crippen LogP contribution in [-0.4, -0.2) is 33.3 Å². The lowest BCUT2D eigenvalue weighted by Crippen LogP contribution is -2.68. The standard InChI is InChI=1S/C13H17N3O2S/c1-9-11(17)16(8-10-14-6-7-19-10)13(12(18)15-9)4-2-3-5-13/h6-7,9H,2-5,8H2,1H3,(H,15,18). The molecule has 5 nitrogen and oxygen atoms in total. The summed E-state index contributed by atoms with van der Waals surface area (Å²) in [5.41, 5.74) is -0.630. The second-order valence-corrected chi connectivity index (χ2v) is 6.26. The van der Waals surface area contributed by atoms with E-state index >= 15 is 0 Å². The van der Waals surface area contributed by atoms with E-state index in [2.05, 4.69) is 10.3 Å². The third-order valence-corrected chi connectivity index (χ3v) is 4.90. The number of carbonyl (C=O) groups is 2. The van der Waals surface area contributed by atoms with Gasteiger partial charge in [-0.3, -0.25) is 9.59 Å². The van der Waals surface area contributed by atoms with Crippen molar-refractivity contribution in [2.75, 3.05) is 0 Å². The number of hydrogen-bond acceptors (Lipinski definition) is 4. The lowest BCUT2D eigenvalue weighted by molar-refractivity contribution is -0.157. The molecule has 2 heterocycles. The molecular weight excluding hydrogens is 262 g/mol. The second-order valence-electron chi connectivity index (χ2n) is 5.28. The fraction of sp³-hybridized carbons (Fsp3) is 0.615. The predicted molar refractivity (Wildman–Crippen MR) is 71.5 cm³/mol. The number of nitrogens with one attached hydrogen (secondary N) is 1. The molecule has 0 aromatic carbocycles. The summed E-state index contributed by atoms with van der Waals surface area (Å²) < 4.78 is 0. The second kappa shape index (κ2) is 4.59. The Hall–Kier alpha value is -1.43. The molecule has 19 heavy (non-hydrogen) atoms.